The molecule has 2 rings (SSSR count). The minimum Gasteiger partial charge on any atom is -0.726 e. The zero-order valence-electron chi connectivity index (χ0n) is 18.5. The van der Waals surface area contributed by atoms with Crippen molar-refractivity contribution in [2.75, 3.05) is 13.7 Å². The van der Waals surface area contributed by atoms with E-state index in [1.807, 2.05) is 85.2 Å². The van der Waals surface area contributed by atoms with Gasteiger partial charge in [0.1, 0.15) is 12.4 Å². The van der Waals surface area contributed by atoms with Gasteiger partial charge in [-0.15, -0.1) is 0 Å². The molecule has 0 saturated carbocycles. The minimum absolute atomic E-state index is 0.344. The maximum atomic E-state index is 10.4. The first-order valence-corrected chi connectivity index (χ1v) is 10.5. The molecule has 0 unspecified atom stereocenters. The summed E-state index contributed by atoms with van der Waals surface area (Å²) in [6.07, 6.45) is 10.6. The molecule has 0 radical (unpaired) electrons. The molecule has 172 valence electrons. The summed E-state index contributed by atoms with van der Waals surface area (Å²) in [7, 11) is -1.63. The van der Waals surface area contributed by atoms with Crippen LogP contribution < -0.4 is 4.57 Å². The molecule has 9 heteroatoms. The van der Waals surface area contributed by atoms with Crippen molar-refractivity contribution in [3.05, 3.63) is 80.4 Å². The lowest BCUT2D eigenvalue weighted by molar-refractivity contribution is -0.670. The van der Waals surface area contributed by atoms with E-state index in [0.717, 1.165) is 7.11 Å². The molecule has 0 aliphatic carbocycles. The average molecular weight is 453 g/mol. The van der Waals surface area contributed by atoms with Crippen LogP contribution in [0.2, 0.25) is 0 Å². The fourth-order valence-electron chi connectivity index (χ4n) is 1.47. The third-order valence-electron chi connectivity index (χ3n) is 2.97. The molecule has 0 amide bonds. The summed E-state index contributed by atoms with van der Waals surface area (Å²) < 4.78 is 39.6. The Morgan fingerprint density at radius 1 is 1.23 bits per heavy atom. The Hall–Kier alpha value is -3.01. The monoisotopic (exact) mass is 452 g/mol. The molecule has 2 aromatic rings. The van der Waals surface area contributed by atoms with E-state index < -0.39 is 10.4 Å². The molecule has 0 fully saturated rings. The van der Waals surface area contributed by atoms with Crippen molar-refractivity contribution in [3.8, 4) is 0 Å². The average Bonchev–Trinajstić information content (AvgIpc) is 3.18. The van der Waals surface area contributed by atoms with E-state index in [1.54, 1.807) is 6.20 Å². The number of aromatic nitrogens is 2. The van der Waals surface area contributed by atoms with Crippen LogP contribution in [0, 0.1) is 5.92 Å². The molecule has 0 aliphatic rings. The molecule has 8 nitrogen and oxygen atoms in total. The van der Waals surface area contributed by atoms with Crippen LogP contribution in [0.15, 0.2) is 74.9 Å². The number of ether oxygens (including phenoxy) is 1. The molecule has 1 heterocycles. The highest BCUT2D eigenvalue weighted by molar-refractivity contribution is 7.80. The summed E-state index contributed by atoms with van der Waals surface area (Å²) in [6.45, 7) is 14.9. The van der Waals surface area contributed by atoms with Gasteiger partial charge < -0.3 is 9.29 Å². The second-order valence-corrected chi connectivity index (χ2v) is 7.28. The Morgan fingerprint density at radius 2 is 1.77 bits per heavy atom. The van der Waals surface area contributed by atoms with Gasteiger partial charge in [-0.25, -0.2) is 22.3 Å². The predicted molar refractivity (Wildman–Crippen MR) is 121 cm³/mol. The summed E-state index contributed by atoms with van der Waals surface area (Å²) in [6, 6.07) is 10.0. The first-order chi connectivity index (χ1) is 14.5. The highest BCUT2D eigenvalue weighted by Gasteiger charge is 1.96. The van der Waals surface area contributed by atoms with Gasteiger partial charge >= 0.3 is 5.97 Å². The fourth-order valence-corrected chi connectivity index (χ4v) is 1.47. The van der Waals surface area contributed by atoms with Crippen LogP contribution in [-0.2, 0) is 31.2 Å². The van der Waals surface area contributed by atoms with Crippen LogP contribution in [-0.4, -0.2) is 37.2 Å². The smallest absolute Gasteiger partial charge is 0.330 e. The molecule has 0 bridgehead atoms. The van der Waals surface area contributed by atoms with E-state index >= 15 is 0 Å². The number of hydrogen-bond donors (Lipinski definition) is 0. The van der Waals surface area contributed by atoms with Crippen molar-refractivity contribution >= 4 is 28.6 Å². The molecular formula is C22H32N2O6S. The maximum absolute atomic E-state index is 10.4. The topological polar surface area (TPSA) is 102 Å². The third-order valence-corrected chi connectivity index (χ3v) is 3.37. The molecule has 0 atom stereocenters. The van der Waals surface area contributed by atoms with E-state index in [-0.39, 0.29) is 5.97 Å². The summed E-state index contributed by atoms with van der Waals surface area (Å²) >= 11 is 0. The molecule has 1 aromatic heterocycles. The van der Waals surface area contributed by atoms with Gasteiger partial charge in [0.2, 0.25) is 16.7 Å². The van der Waals surface area contributed by atoms with Gasteiger partial charge in [0.05, 0.1) is 27.0 Å². The number of hydrogen-bond acceptors (Lipinski definition) is 6. The van der Waals surface area contributed by atoms with E-state index in [4.69, 9.17) is 4.74 Å². The van der Waals surface area contributed by atoms with Crippen LogP contribution in [0.3, 0.4) is 0 Å². The Labute approximate surface area is 185 Å². The molecule has 31 heavy (non-hydrogen) atoms. The van der Waals surface area contributed by atoms with E-state index in [0.29, 0.717) is 12.5 Å². The molecule has 0 spiro atoms. The van der Waals surface area contributed by atoms with Gasteiger partial charge in [0, 0.05) is 6.08 Å². The third kappa shape index (κ3) is 21.5. The highest BCUT2D eigenvalue weighted by atomic mass is 32.3. The van der Waals surface area contributed by atoms with Crippen molar-refractivity contribution in [2.45, 2.75) is 13.8 Å². The summed E-state index contributed by atoms with van der Waals surface area (Å²) in [5, 5.41) is 0. The first kappa shape index (κ1) is 30.2. The summed E-state index contributed by atoms with van der Waals surface area (Å²) in [5.41, 5.74) is 1.17. The van der Waals surface area contributed by atoms with Gasteiger partial charge in [-0.1, -0.05) is 70.0 Å². The van der Waals surface area contributed by atoms with Crippen molar-refractivity contribution in [2.24, 2.45) is 13.0 Å². The normalized spacial score (nSPS) is 9.48. The number of aryl methyl sites for hydroxylation is 1. The number of esters is 1. The second kappa shape index (κ2) is 17.8. The summed E-state index contributed by atoms with van der Waals surface area (Å²) in [4.78, 5) is 10.4. The van der Waals surface area contributed by atoms with Crippen molar-refractivity contribution < 1.29 is 31.3 Å². The molecule has 0 saturated heterocycles. The molecular weight excluding hydrogens is 420 g/mol. The van der Waals surface area contributed by atoms with E-state index in [1.165, 1.54) is 11.6 Å². The quantitative estimate of drug-likeness (QED) is 0.219. The zero-order chi connectivity index (χ0) is 24.3. The Kier molecular flexibility index (Phi) is 17.3. The molecule has 0 N–H and O–H groups in total. The largest absolute Gasteiger partial charge is 0.726 e. The van der Waals surface area contributed by atoms with Crippen LogP contribution in [0.1, 0.15) is 19.4 Å². The standard InChI is InChI=1S/C8H8.C7H12O2.C6H9N2.CH4O4S/c1-2-8-6-4-3-5-7-8;1-4-7(8)9-5-6(2)3;1-3-8-5-4-7(2)6-8;1-5-6(2,3)4/h2-7H,1H2;4,6H,1,5H2,2-3H3;3-6H,1H2,2H3;1H3,(H,2,3,4)/q;;+1;/p-1. The lowest BCUT2D eigenvalue weighted by Gasteiger charge is -2.02. The molecule has 0 aliphatic heterocycles. The number of benzene rings is 1. The molecule has 1 aromatic carbocycles. The highest BCUT2D eigenvalue weighted by Crippen LogP contribution is 1.97. The van der Waals surface area contributed by atoms with Gasteiger partial charge in [0.25, 0.3) is 0 Å². The Balaban J connectivity index is 0. The Morgan fingerprint density at radius 3 is 2.03 bits per heavy atom. The lowest BCUT2D eigenvalue weighted by Crippen LogP contribution is -2.23. The van der Waals surface area contributed by atoms with Crippen molar-refractivity contribution in [1.29, 1.82) is 0 Å². The number of imidazole rings is 1. The van der Waals surface area contributed by atoms with E-state index in [2.05, 4.69) is 23.9 Å². The van der Waals surface area contributed by atoms with E-state index in [9.17, 15) is 17.8 Å². The minimum atomic E-state index is -4.41. The van der Waals surface area contributed by atoms with Gasteiger partial charge in [0.15, 0.2) is 0 Å². The maximum Gasteiger partial charge on any atom is 0.330 e. The lowest BCUT2D eigenvalue weighted by atomic mass is 10.2. The van der Waals surface area contributed by atoms with Gasteiger partial charge in [-0.3, -0.25) is 4.18 Å². The predicted octanol–water partition coefficient (Wildman–Crippen LogP) is 3.21. The SMILES string of the molecule is C=CC(=O)OCC(C)C.C=Cc1ccccc1.C=Cn1cc[n+](C)c1.COS(=O)(=O)[O-]. The van der Waals surface area contributed by atoms with Crippen molar-refractivity contribution in [3.63, 3.8) is 0 Å². The van der Waals surface area contributed by atoms with Gasteiger partial charge in [-0.05, 0) is 11.5 Å². The van der Waals surface area contributed by atoms with Crippen LogP contribution in [0.4, 0.5) is 0 Å². The first-order valence-electron chi connectivity index (χ1n) is 9.12. The zero-order valence-corrected chi connectivity index (χ0v) is 19.3. The van der Waals surface area contributed by atoms with Crippen molar-refractivity contribution in [1.82, 2.24) is 4.57 Å². The number of nitrogens with zero attached hydrogens (tertiary/aromatic N) is 2. The number of carbonyl (C=O) groups is 1. The second-order valence-electron chi connectivity index (χ2n) is 6.13. The number of carbonyl (C=O) groups excluding carboxylic acids is 1. The van der Waals surface area contributed by atoms with Gasteiger partial charge in [-0.2, -0.15) is 0 Å². The Bertz CT molecular complexity index is 874. The fraction of sp³-hybridized carbons (Fsp3) is 0.273. The van der Waals surface area contributed by atoms with Crippen LogP contribution in [0.5, 0.6) is 0 Å². The number of rotatable bonds is 6. The van der Waals surface area contributed by atoms with Crippen LogP contribution in [0.25, 0.3) is 12.3 Å². The summed E-state index contributed by atoms with van der Waals surface area (Å²) in [5.74, 6) is 0.0533. The van der Waals surface area contributed by atoms with Crippen LogP contribution >= 0.6 is 0 Å².